The van der Waals surface area contributed by atoms with Gasteiger partial charge in [0.05, 0.1) is 8.95 Å². The molecule has 2 aromatic rings. The van der Waals surface area contributed by atoms with E-state index in [0.717, 1.165) is 29.3 Å². The van der Waals surface area contributed by atoms with Crippen LogP contribution in [0.1, 0.15) is 34.3 Å². The van der Waals surface area contributed by atoms with Crippen LogP contribution < -0.4 is 15.4 Å². The van der Waals surface area contributed by atoms with E-state index in [1.54, 1.807) is 12.1 Å². The van der Waals surface area contributed by atoms with E-state index in [-0.39, 0.29) is 0 Å². The van der Waals surface area contributed by atoms with Crippen molar-refractivity contribution in [1.82, 2.24) is 5.32 Å². The number of halogens is 2. The lowest BCUT2D eigenvalue weighted by Gasteiger charge is -2.14. The van der Waals surface area contributed by atoms with Crippen LogP contribution >= 0.6 is 31.9 Å². The number of aryl methyl sites for hydroxylation is 1. The Morgan fingerprint density at radius 1 is 1.14 bits per heavy atom. The number of benzene rings is 2. The second-order valence-corrected chi connectivity index (χ2v) is 8.87. The standard InChI is InChI=1S/C21H22Br2N2O4/c1-12-4-14(6-16(5-12)24-9-13-2-3-13)11-29-20-17(22)7-15(8-18(20)23)21(28)25-10-19(26)27/h4-8,13,24H,2-3,9-11H2,1H3,(H,25,28)(H,26,27). The summed E-state index contributed by atoms with van der Waals surface area (Å²) in [6.45, 7) is 3.01. The number of hydrogen-bond acceptors (Lipinski definition) is 4. The van der Waals surface area contributed by atoms with Gasteiger partial charge in [0.2, 0.25) is 0 Å². The molecule has 2 aromatic carbocycles. The molecular weight excluding hydrogens is 504 g/mol. The Morgan fingerprint density at radius 3 is 2.45 bits per heavy atom. The maximum Gasteiger partial charge on any atom is 0.322 e. The topological polar surface area (TPSA) is 87.7 Å². The summed E-state index contributed by atoms with van der Waals surface area (Å²) in [6.07, 6.45) is 2.61. The molecule has 1 aliphatic carbocycles. The molecule has 3 N–H and O–H groups in total. The molecule has 1 aliphatic rings. The van der Waals surface area contributed by atoms with Crippen molar-refractivity contribution in [3.63, 3.8) is 0 Å². The summed E-state index contributed by atoms with van der Waals surface area (Å²) in [6, 6.07) is 9.51. The number of aliphatic carboxylic acids is 1. The average molecular weight is 526 g/mol. The predicted molar refractivity (Wildman–Crippen MR) is 119 cm³/mol. The number of hydrogen-bond donors (Lipinski definition) is 3. The van der Waals surface area contributed by atoms with Crippen molar-refractivity contribution in [3.8, 4) is 5.75 Å². The molecule has 0 unspecified atom stereocenters. The van der Waals surface area contributed by atoms with Gasteiger partial charge < -0.3 is 20.5 Å². The molecule has 154 valence electrons. The van der Waals surface area contributed by atoms with E-state index in [1.165, 1.54) is 12.8 Å². The quantitative estimate of drug-likeness (QED) is 0.440. The van der Waals surface area contributed by atoms with Crippen molar-refractivity contribution in [2.24, 2.45) is 5.92 Å². The third-order valence-electron chi connectivity index (χ3n) is 4.47. The summed E-state index contributed by atoms with van der Waals surface area (Å²) >= 11 is 6.87. The maximum absolute atomic E-state index is 12.1. The summed E-state index contributed by atoms with van der Waals surface area (Å²) in [5.41, 5.74) is 3.64. The molecular formula is C21H22Br2N2O4. The smallest absolute Gasteiger partial charge is 0.322 e. The number of carboxylic acid groups (broad SMARTS) is 1. The minimum Gasteiger partial charge on any atom is -0.487 e. The van der Waals surface area contributed by atoms with Crippen LogP contribution in [0.2, 0.25) is 0 Å². The summed E-state index contributed by atoms with van der Waals surface area (Å²) in [4.78, 5) is 22.7. The van der Waals surface area contributed by atoms with E-state index in [1.807, 2.05) is 0 Å². The van der Waals surface area contributed by atoms with Gasteiger partial charge in [-0.25, -0.2) is 0 Å². The van der Waals surface area contributed by atoms with Gasteiger partial charge >= 0.3 is 5.97 Å². The van der Waals surface area contributed by atoms with Crippen molar-refractivity contribution in [3.05, 3.63) is 56.0 Å². The number of anilines is 1. The van der Waals surface area contributed by atoms with E-state index in [9.17, 15) is 9.59 Å². The van der Waals surface area contributed by atoms with Gasteiger partial charge in [0.25, 0.3) is 5.91 Å². The number of ether oxygens (including phenoxy) is 1. The molecule has 3 rings (SSSR count). The summed E-state index contributed by atoms with van der Waals surface area (Å²) < 4.78 is 7.19. The van der Waals surface area contributed by atoms with Crippen LogP contribution in [0.25, 0.3) is 0 Å². The molecule has 0 bridgehead atoms. The minimum absolute atomic E-state index is 0.333. The average Bonchev–Trinajstić information content (AvgIpc) is 3.47. The zero-order valence-corrected chi connectivity index (χ0v) is 19.1. The van der Waals surface area contributed by atoms with Crippen molar-refractivity contribution in [2.45, 2.75) is 26.4 Å². The number of carbonyl (C=O) groups is 2. The Bertz CT molecular complexity index is 906. The fourth-order valence-corrected chi connectivity index (χ4v) is 4.29. The first-order chi connectivity index (χ1) is 13.8. The number of carbonyl (C=O) groups excluding carboxylic acids is 1. The molecule has 0 aromatic heterocycles. The van der Waals surface area contributed by atoms with Gasteiger partial charge in [-0.1, -0.05) is 6.07 Å². The second-order valence-electron chi connectivity index (χ2n) is 7.17. The molecule has 0 radical (unpaired) electrons. The van der Waals surface area contributed by atoms with E-state index < -0.39 is 18.4 Å². The fourth-order valence-electron chi connectivity index (χ4n) is 2.87. The lowest BCUT2D eigenvalue weighted by molar-refractivity contribution is -0.135. The molecule has 0 aliphatic heterocycles. The highest BCUT2D eigenvalue weighted by atomic mass is 79.9. The predicted octanol–water partition coefficient (Wildman–Crippen LogP) is 4.74. The van der Waals surface area contributed by atoms with Crippen molar-refractivity contribution in [2.75, 3.05) is 18.4 Å². The highest BCUT2D eigenvalue weighted by Crippen LogP contribution is 2.35. The minimum atomic E-state index is -1.10. The Balaban J connectivity index is 1.67. The lowest BCUT2D eigenvalue weighted by Crippen LogP contribution is -2.29. The van der Waals surface area contributed by atoms with E-state index in [2.05, 4.69) is 67.6 Å². The van der Waals surface area contributed by atoms with Crippen LogP contribution in [0.4, 0.5) is 5.69 Å². The van der Waals surface area contributed by atoms with Crippen LogP contribution in [0.5, 0.6) is 5.75 Å². The summed E-state index contributed by atoms with van der Waals surface area (Å²) in [7, 11) is 0. The van der Waals surface area contributed by atoms with Gasteiger partial charge in [-0.15, -0.1) is 0 Å². The first kappa shape index (κ1) is 21.6. The Hall–Kier alpha value is -2.06. The Labute approximate surface area is 186 Å². The van der Waals surface area contributed by atoms with Gasteiger partial charge in [-0.2, -0.15) is 0 Å². The first-order valence-corrected chi connectivity index (χ1v) is 10.9. The Morgan fingerprint density at radius 2 is 1.83 bits per heavy atom. The number of carboxylic acids is 1. The highest BCUT2D eigenvalue weighted by molar-refractivity contribution is 9.11. The number of nitrogens with one attached hydrogen (secondary N) is 2. The molecule has 8 heteroatoms. The third kappa shape index (κ3) is 6.47. The zero-order valence-electron chi connectivity index (χ0n) is 15.9. The molecule has 0 atom stereocenters. The van der Waals surface area contributed by atoms with Gasteiger partial charge in [0.1, 0.15) is 18.9 Å². The van der Waals surface area contributed by atoms with Crippen molar-refractivity contribution >= 4 is 49.4 Å². The fraction of sp³-hybridized carbons (Fsp3) is 0.333. The molecule has 1 amide bonds. The summed E-state index contributed by atoms with van der Waals surface area (Å²) in [5, 5.41) is 14.5. The molecule has 1 saturated carbocycles. The van der Waals surface area contributed by atoms with Crippen LogP contribution in [-0.4, -0.2) is 30.1 Å². The van der Waals surface area contributed by atoms with Gasteiger partial charge in [-0.3, -0.25) is 9.59 Å². The van der Waals surface area contributed by atoms with Crippen LogP contribution in [0, 0.1) is 12.8 Å². The second kappa shape index (κ2) is 9.63. The number of amides is 1. The monoisotopic (exact) mass is 524 g/mol. The largest absolute Gasteiger partial charge is 0.487 e. The van der Waals surface area contributed by atoms with E-state index in [4.69, 9.17) is 9.84 Å². The SMILES string of the molecule is Cc1cc(COc2c(Br)cc(C(=O)NCC(=O)O)cc2Br)cc(NCC2CC2)c1. The lowest BCUT2D eigenvalue weighted by atomic mass is 10.1. The first-order valence-electron chi connectivity index (χ1n) is 9.28. The van der Waals surface area contributed by atoms with Gasteiger partial charge in [-0.05, 0) is 92.9 Å². The van der Waals surface area contributed by atoms with Crippen LogP contribution in [0.3, 0.4) is 0 Å². The molecule has 0 saturated heterocycles. The van der Waals surface area contributed by atoms with E-state index in [0.29, 0.717) is 26.9 Å². The zero-order chi connectivity index (χ0) is 21.0. The molecule has 0 heterocycles. The van der Waals surface area contributed by atoms with E-state index >= 15 is 0 Å². The van der Waals surface area contributed by atoms with Gasteiger partial charge in [0.15, 0.2) is 0 Å². The maximum atomic E-state index is 12.1. The molecule has 0 spiro atoms. The third-order valence-corrected chi connectivity index (χ3v) is 5.65. The van der Waals surface area contributed by atoms with Crippen LogP contribution in [0.15, 0.2) is 39.3 Å². The molecule has 29 heavy (non-hydrogen) atoms. The van der Waals surface area contributed by atoms with Crippen LogP contribution in [-0.2, 0) is 11.4 Å². The van der Waals surface area contributed by atoms with Crippen molar-refractivity contribution < 1.29 is 19.4 Å². The highest BCUT2D eigenvalue weighted by Gasteiger charge is 2.20. The summed E-state index contributed by atoms with van der Waals surface area (Å²) in [5.74, 6) is -0.187. The van der Waals surface area contributed by atoms with Crippen molar-refractivity contribution in [1.29, 1.82) is 0 Å². The number of rotatable bonds is 9. The molecule has 6 nitrogen and oxygen atoms in total. The van der Waals surface area contributed by atoms with Gasteiger partial charge in [0, 0.05) is 17.8 Å². The molecule has 1 fully saturated rings. The normalized spacial score (nSPS) is 13.1. The Kier molecular flexibility index (Phi) is 7.18.